The van der Waals surface area contributed by atoms with E-state index in [1.807, 2.05) is 24.4 Å². The summed E-state index contributed by atoms with van der Waals surface area (Å²) >= 11 is 1.43. The summed E-state index contributed by atoms with van der Waals surface area (Å²) in [6.07, 6.45) is 1.42. The zero-order valence-corrected chi connectivity index (χ0v) is 15.5. The van der Waals surface area contributed by atoms with Crippen LogP contribution in [0.2, 0.25) is 0 Å². The van der Waals surface area contributed by atoms with E-state index in [4.69, 9.17) is 4.74 Å². The molecular weight excluding hydrogens is 336 g/mol. The number of thiophene rings is 1. The Kier molecular flexibility index (Phi) is 4.72. The Hall–Kier alpha value is -2.47. The van der Waals surface area contributed by atoms with E-state index in [1.54, 1.807) is 13.8 Å². The Bertz CT molecular complexity index is 1000. The minimum atomic E-state index is -0.711. The summed E-state index contributed by atoms with van der Waals surface area (Å²) in [6.45, 7) is 7.77. The predicted octanol–water partition coefficient (Wildman–Crippen LogP) is 3.87. The van der Waals surface area contributed by atoms with E-state index in [9.17, 15) is 9.59 Å². The molecule has 0 amide bonds. The van der Waals surface area contributed by atoms with Crippen LogP contribution in [0.5, 0.6) is 0 Å². The number of carbonyl (C=O) groups excluding carboxylic acids is 1. The SMILES string of the molecule is CCOC(=O)[C@H](C)n1cnc2scc(-c3ccc(C)c(C)c3)c2c1=O. The molecule has 130 valence electrons. The van der Waals surface area contributed by atoms with Gasteiger partial charge in [-0.1, -0.05) is 18.2 Å². The highest BCUT2D eigenvalue weighted by Gasteiger charge is 2.21. The molecular formula is C19H20N2O3S. The van der Waals surface area contributed by atoms with Gasteiger partial charge >= 0.3 is 5.97 Å². The number of benzene rings is 1. The summed E-state index contributed by atoms with van der Waals surface area (Å²) in [6, 6.07) is 5.42. The summed E-state index contributed by atoms with van der Waals surface area (Å²) in [5.74, 6) is -0.436. The largest absolute Gasteiger partial charge is 0.464 e. The minimum absolute atomic E-state index is 0.222. The Labute approximate surface area is 149 Å². The first kappa shape index (κ1) is 17.4. The van der Waals surface area contributed by atoms with Crippen molar-refractivity contribution >= 4 is 27.5 Å². The average molecular weight is 356 g/mol. The molecule has 1 aromatic carbocycles. The van der Waals surface area contributed by atoms with E-state index >= 15 is 0 Å². The molecule has 0 aliphatic carbocycles. The van der Waals surface area contributed by atoms with Gasteiger partial charge in [-0.15, -0.1) is 11.3 Å². The number of aromatic nitrogens is 2. The van der Waals surface area contributed by atoms with Gasteiger partial charge in [-0.3, -0.25) is 9.36 Å². The number of aryl methyl sites for hydroxylation is 2. The Balaban J connectivity index is 2.16. The molecule has 0 N–H and O–H groups in total. The van der Waals surface area contributed by atoms with Crippen LogP contribution in [0.25, 0.3) is 21.3 Å². The molecule has 5 nitrogen and oxygen atoms in total. The Morgan fingerprint density at radius 3 is 2.76 bits per heavy atom. The Morgan fingerprint density at radius 1 is 1.32 bits per heavy atom. The third kappa shape index (κ3) is 3.09. The lowest BCUT2D eigenvalue weighted by Gasteiger charge is -2.13. The zero-order chi connectivity index (χ0) is 18.1. The molecule has 0 saturated carbocycles. The van der Waals surface area contributed by atoms with Crippen LogP contribution in [0, 0.1) is 13.8 Å². The van der Waals surface area contributed by atoms with Gasteiger partial charge in [-0.25, -0.2) is 9.78 Å². The van der Waals surface area contributed by atoms with E-state index in [0.29, 0.717) is 10.2 Å². The molecule has 2 heterocycles. The highest BCUT2D eigenvalue weighted by Crippen LogP contribution is 2.31. The molecule has 3 aromatic rings. The molecule has 0 spiro atoms. The summed E-state index contributed by atoms with van der Waals surface area (Å²) in [7, 11) is 0. The van der Waals surface area contributed by atoms with Gasteiger partial charge in [0.25, 0.3) is 5.56 Å². The van der Waals surface area contributed by atoms with Crippen LogP contribution < -0.4 is 5.56 Å². The third-order valence-corrected chi connectivity index (χ3v) is 5.27. The van der Waals surface area contributed by atoms with Crippen molar-refractivity contribution < 1.29 is 9.53 Å². The van der Waals surface area contributed by atoms with Gasteiger partial charge in [0.15, 0.2) is 0 Å². The molecule has 0 radical (unpaired) electrons. The van der Waals surface area contributed by atoms with Crippen LogP contribution in [0.3, 0.4) is 0 Å². The number of carbonyl (C=O) groups is 1. The predicted molar refractivity (Wildman–Crippen MR) is 100 cm³/mol. The van der Waals surface area contributed by atoms with E-state index in [-0.39, 0.29) is 12.2 Å². The number of ether oxygens (including phenoxy) is 1. The zero-order valence-electron chi connectivity index (χ0n) is 14.7. The molecule has 0 aliphatic heterocycles. The molecule has 0 unspecified atom stereocenters. The number of hydrogen-bond acceptors (Lipinski definition) is 5. The van der Waals surface area contributed by atoms with Crippen molar-refractivity contribution in [3.05, 3.63) is 51.4 Å². The first-order valence-corrected chi connectivity index (χ1v) is 9.04. The lowest BCUT2D eigenvalue weighted by Crippen LogP contribution is -2.29. The fourth-order valence-corrected chi connectivity index (χ4v) is 3.63. The molecule has 0 saturated heterocycles. The third-order valence-electron chi connectivity index (χ3n) is 4.38. The summed E-state index contributed by atoms with van der Waals surface area (Å²) < 4.78 is 6.37. The normalized spacial score (nSPS) is 12.3. The van der Waals surface area contributed by atoms with Gasteiger partial charge in [0, 0.05) is 10.9 Å². The highest BCUT2D eigenvalue weighted by atomic mass is 32.1. The van der Waals surface area contributed by atoms with Gasteiger partial charge in [-0.2, -0.15) is 0 Å². The van der Waals surface area contributed by atoms with Gasteiger partial charge < -0.3 is 4.74 Å². The minimum Gasteiger partial charge on any atom is -0.464 e. The van der Waals surface area contributed by atoms with Crippen molar-refractivity contribution in [2.45, 2.75) is 33.7 Å². The molecule has 1 atom stereocenters. The number of hydrogen-bond donors (Lipinski definition) is 0. The van der Waals surface area contributed by atoms with Crippen LogP contribution in [0.15, 0.2) is 34.7 Å². The molecule has 0 aliphatic rings. The molecule has 3 rings (SSSR count). The van der Waals surface area contributed by atoms with E-state index < -0.39 is 12.0 Å². The number of fused-ring (bicyclic) bond motifs is 1. The summed E-state index contributed by atoms with van der Waals surface area (Å²) in [5.41, 5.74) is 3.98. The van der Waals surface area contributed by atoms with E-state index in [2.05, 4.69) is 18.0 Å². The number of esters is 1. The molecule has 2 aromatic heterocycles. The second-order valence-electron chi connectivity index (χ2n) is 6.01. The van der Waals surface area contributed by atoms with Crippen molar-refractivity contribution in [1.82, 2.24) is 9.55 Å². The van der Waals surface area contributed by atoms with Crippen molar-refractivity contribution in [2.24, 2.45) is 0 Å². The second kappa shape index (κ2) is 6.80. The van der Waals surface area contributed by atoms with Crippen LogP contribution in [0.1, 0.15) is 31.0 Å². The lowest BCUT2D eigenvalue weighted by atomic mass is 10.0. The monoisotopic (exact) mass is 356 g/mol. The second-order valence-corrected chi connectivity index (χ2v) is 6.87. The van der Waals surface area contributed by atoms with Crippen LogP contribution in [0.4, 0.5) is 0 Å². The standard InChI is InChI=1S/C19H20N2O3S/c1-5-24-19(23)13(4)21-10-20-17-16(18(21)22)15(9-25-17)14-7-6-11(2)12(3)8-14/h6-10,13H,5H2,1-4H3/t13-/m0/s1. The first-order chi connectivity index (χ1) is 11.9. The summed E-state index contributed by atoms with van der Waals surface area (Å²) in [4.78, 5) is 30.0. The maximum absolute atomic E-state index is 13.0. The van der Waals surface area contributed by atoms with Crippen LogP contribution >= 0.6 is 11.3 Å². The van der Waals surface area contributed by atoms with Crippen molar-refractivity contribution in [1.29, 1.82) is 0 Å². The molecule has 6 heteroatoms. The topological polar surface area (TPSA) is 61.2 Å². The molecule has 25 heavy (non-hydrogen) atoms. The van der Waals surface area contributed by atoms with Gasteiger partial charge in [0.1, 0.15) is 10.9 Å². The van der Waals surface area contributed by atoms with Gasteiger partial charge in [0.2, 0.25) is 0 Å². The maximum atomic E-state index is 13.0. The Morgan fingerprint density at radius 2 is 2.08 bits per heavy atom. The molecule has 0 fully saturated rings. The van der Waals surface area contributed by atoms with E-state index in [0.717, 1.165) is 11.1 Å². The molecule has 0 bridgehead atoms. The maximum Gasteiger partial charge on any atom is 0.328 e. The van der Waals surface area contributed by atoms with Gasteiger partial charge in [-0.05, 0) is 44.4 Å². The average Bonchev–Trinajstić information content (AvgIpc) is 3.02. The van der Waals surface area contributed by atoms with Gasteiger partial charge in [0.05, 0.1) is 18.3 Å². The van der Waals surface area contributed by atoms with E-state index in [1.165, 1.54) is 33.4 Å². The van der Waals surface area contributed by atoms with Crippen LogP contribution in [-0.2, 0) is 9.53 Å². The lowest BCUT2D eigenvalue weighted by molar-refractivity contribution is -0.146. The quantitative estimate of drug-likeness (QED) is 0.666. The summed E-state index contributed by atoms with van der Waals surface area (Å²) in [5, 5.41) is 2.50. The fourth-order valence-electron chi connectivity index (χ4n) is 2.72. The smallest absolute Gasteiger partial charge is 0.328 e. The van der Waals surface area contributed by atoms with Crippen molar-refractivity contribution in [3.63, 3.8) is 0 Å². The van der Waals surface area contributed by atoms with Crippen LogP contribution in [-0.4, -0.2) is 22.1 Å². The highest BCUT2D eigenvalue weighted by molar-refractivity contribution is 7.17. The van der Waals surface area contributed by atoms with Crippen molar-refractivity contribution in [2.75, 3.05) is 6.61 Å². The van der Waals surface area contributed by atoms with Crippen molar-refractivity contribution in [3.8, 4) is 11.1 Å². The first-order valence-electron chi connectivity index (χ1n) is 8.16. The fraction of sp³-hybridized carbons (Fsp3) is 0.316. The number of nitrogens with zero attached hydrogens (tertiary/aromatic N) is 2. The number of rotatable bonds is 4.